The Morgan fingerprint density at radius 1 is 1.58 bits per heavy atom. The zero-order valence-corrected chi connectivity index (χ0v) is 7.66. The van der Waals surface area contributed by atoms with Gasteiger partial charge in [0.25, 0.3) is 0 Å². The lowest BCUT2D eigenvalue weighted by molar-refractivity contribution is -0.180. The van der Waals surface area contributed by atoms with Gasteiger partial charge in [-0.25, -0.2) is 0 Å². The predicted octanol–water partition coefficient (Wildman–Crippen LogP) is 1.55. The molecule has 2 aliphatic rings. The first-order valence-corrected chi connectivity index (χ1v) is 4.66. The SMILES string of the molecule is CC1=CC[C@@H]2C(C)CO[C@H](O)[C@H]12. The van der Waals surface area contributed by atoms with E-state index < -0.39 is 6.29 Å². The first-order valence-electron chi connectivity index (χ1n) is 4.66. The van der Waals surface area contributed by atoms with E-state index in [-0.39, 0.29) is 5.92 Å². The fraction of sp³-hybridized carbons (Fsp3) is 0.800. The third-order valence-corrected chi connectivity index (χ3v) is 3.27. The van der Waals surface area contributed by atoms with Gasteiger partial charge in [-0.2, -0.15) is 0 Å². The van der Waals surface area contributed by atoms with Crippen molar-refractivity contribution >= 4 is 0 Å². The lowest BCUT2D eigenvalue weighted by Crippen LogP contribution is -2.39. The summed E-state index contributed by atoms with van der Waals surface area (Å²) >= 11 is 0. The number of fused-ring (bicyclic) bond motifs is 1. The van der Waals surface area contributed by atoms with Crippen molar-refractivity contribution < 1.29 is 9.84 Å². The van der Waals surface area contributed by atoms with Crippen LogP contribution in [0.25, 0.3) is 0 Å². The third kappa shape index (κ3) is 1.10. The van der Waals surface area contributed by atoms with E-state index in [9.17, 15) is 5.11 Å². The fourth-order valence-electron chi connectivity index (χ4n) is 2.44. The molecule has 2 heteroatoms. The summed E-state index contributed by atoms with van der Waals surface area (Å²) < 4.78 is 5.29. The van der Waals surface area contributed by atoms with Crippen LogP contribution in [-0.2, 0) is 4.74 Å². The van der Waals surface area contributed by atoms with Gasteiger partial charge < -0.3 is 9.84 Å². The Hall–Kier alpha value is -0.340. The summed E-state index contributed by atoms with van der Waals surface area (Å²) in [5.74, 6) is 1.48. The van der Waals surface area contributed by atoms with Crippen LogP contribution in [0.15, 0.2) is 11.6 Å². The molecule has 12 heavy (non-hydrogen) atoms. The number of allylic oxidation sites excluding steroid dienone is 1. The molecule has 1 N–H and O–H groups in total. The van der Waals surface area contributed by atoms with Crippen molar-refractivity contribution in [2.75, 3.05) is 6.61 Å². The summed E-state index contributed by atoms with van der Waals surface area (Å²) in [6.45, 7) is 5.01. The van der Waals surface area contributed by atoms with Gasteiger partial charge in [0.05, 0.1) is 6.61 Å². The van der Waals surface area contributed by atoms with Gasteiger partial charge in [-0.3, -0.25) is 0 Å². The van der Waals surface area contributed by atoms with Crippen molar-refractivity contribution in [1.82, 2.24) is 0 Å². The van der Waals surface area contributed by atoms with E-state index in [0.717, 1.165) is 6.42 Å². The van der Waals surface area contributed by atoms with E-state index in [2.05, 4.69) is 19.9 Å². The van der Waals surface area contributed by atoms with Crippen LogP contribution in [0.2, 0.25) is 0 Å². The first kappa shape index (κ1) is 8.27. The van der Waals surface area contributed by atoms with Crippen LogP contribution < -0.4 is 0 Å². The second kappa shape index (κ2) is 2.86. The van der Waals surface area contributed by atoms with E-state index in [4.69, 9.17) is 4.74 Å². The smallest absolute Gasteiger partial charge is 0.161 e. The molecular formula is C10H16O2. The molecule has 0 amide bonds. The highest BCUT2D eigenvalue weighted by atomic mass is 16.6. The van der Waals surface area contributed by atoms with Gasteiger partial charge in [-0.05, 0) is 25.2 Å². The van der Waals surface area contributed by atoms with Crippen molar-refractivity contribution in [1.29, 1.82) is 0 Å². The topological polar surface area (TPSA) is 29.5 Å². The number of ether oxygens (including phenoxy) is 1. The fourth-order valence-corrected chi connectivity index (χ4v) is 2.44. The average molecular weight is 168 g/mol. The van der Waals surface area contributed by atoms with Gasteiger partial charge in [0.15, 0.2) is 6.29 Å². The van der Waals surface area contributed by atoms with Gasteiger partial charge in [-0.15, -0.1) is 0 Å². The summed E-state index contributed by atoms with van der Waals surface area (Å²) in [5.41, 5.74) is 1.30. The zero-order chi connectivity index (χ0) is 8.72. The minimum Gasteiger partial charge on any atom is -0.367 e. The Balaban J connectivity index is 2.18. The largest absolute Gasteiger partial charge is 0.367 e. The number of hydrogen-bond acceptors (Lipinski definition) is 2. The summed E-state index contributed by atoms with van der Waals surface area (Å²) in [6.07, 6.45) is 2.81. The normalized spacial score (nSPS) is 47.1. The lowest BCUT2D eigenvalue weighted by Gasteiger charge is -2.36. The monoisotopic (exact) mass is 168 g/mol. The molecular weight excluding hydrogens is 152 g/mol. The van der Waals surface area contributed by atoms with Gasteiger partial charge in [0, 0.05) is 5.92 Å². The highest BCUT2D eigenvalue weighted by molar-refractivity contribution is 5.15. The molecule has 1 unspecified atom stereocenters. The molecule has 1 saturated heterocycles. The summed E-state index contributed by atoms with van der Waals surface area (Å²) in [7, 11) is 0. The third-order valence-electron chi connectivity index (χ3n) is 3.27. The summed E-state index contributed by atoms with van der Waals surface area (Å²) in [5, 5.41) is 9.60. The molecule has 0 radical (unpaired) electrons. The van der Waals surface area contributed by atoms with Crippen LogP contribution in [0, 0.1) is 17.8 Å². The van der Waals surface area contributed by atoms with E-state index in [1.807, 2.05) is 0 Å². The molecule has 1 fully saturated rings. The minimum absolute atomic E-state index is 0.272. The number of aliphatic hydroxyl groups excluding tert-OH is 1. The molecule has 0 spiro atoms. The van der Waals surface area contributed by atoms with Gasteiger partial charge in [-0.1, -0.05) is 18.6 Å². The predicted molar refractivity (Wildman–Crippen MR) is 46.5 cm³/mol. The second-order valence-electron chi connectivity index (χ2n) is 4.07. The van der Waals surface area contributed by atoms with E-state index in [1.165, 1.54) is 5.57 Å². The van der Waals surface area contributed by atoms with Gasteiger partial charge in [0.2, 0.25) is 0 Å². The first-order chi connectivity index (χ1) is 5.70. The molecule has 0 bridgehead atoms. The van der Waals surface area contributed by atoms with Crippen molar-refractivity contribution in [3.05, 3.63) is 11.6 Å². The summed E-state index contributed by atoms with van der Waals surface area (Å²) in [4.78, 5) is 0. The molecule has 1 aliphatic heterocycles. The number of rotatable bonds is 0. The zero-order valence-electron chi connectivity index (χ0n) is 7.66. The molecule has 1 aliphatic carbocycles. The molecule has 2 rings (SSSR count). The van der Waals surface area contributed by atoms with Crippen LogP contribution in [-0.4, -0.2) is 18.0 Å². The highest BCUT2D eigenvalue weighted by Gasteiger charge is 2.40. The van der Waals surface area contributed by atoms with Crippen LogP contribution in [0.3, 0.4) is 0 Å². The molecule has 0 saturated carbocycles. The maximum atomic E-state index is 9.60. The van der Waals surface area contributed by atoms with Crippen molar-refractivity contribution in [2.45, 2.75) is 26.6 Å². The Kier molecular flexibility index (Phi) is 1.97. The molecule has 4 atom stereocenters. The molecule has 0 aromatic heterocycles. The number of aliphatic hydroxyl groups is 1. The minimum atomic E-state index is -0.551. The van der Waals surface area contributed by atoms with E-state index >= 15 is 0 Å². The van der Waals surface area contributed by atoms with Crippen LogP contribution in [0.5, 0.6) is 0 Å². The van der Waals surface area contributed by atoms with E-state index in [0.29, 0.717) is 18.4 Å². The van der Waals surface area contributed by atoms with Gasteiger partial charge >= 0.3 is 0 Å². The molecule has 1 heterocycles. The van der Waals surface area contributed by atoms with Crippen LogP contribution >= 0.6 is 0 Å². The maximum absolute atomic E-state index is 9.60. The van der Waals surface area contributed by atoms with E-state index in [1.54, 1.807) is 0 Å². The molecule has 0 aromatic rings. The Morgan fingerprint density at radius 3 is 3.00 bits per heavy atom. The van der Waals surface area contributed by atoms with Crippen LogP contribution in [0.4, 0.5) is 0 Å². The van der Waals surface area contributed by atoms with Crippen molar-refractivity contribution in [2.24, 2.45) is 17.8 Å². The maximum Gasteiger partial charge on any atom is 0.161 e. The van der Waals surface area contributed by atoms with Crippen LogP contribution in [0.1, 0.15) is 20.3 Å². The molecule has 2 nitrogen and oxygen atoms in total. The highest BCUT2D eigenvalue weighted by Crippen LogP contribution is 2.42. The summed E-state index contributed by atoms with van der Waals surface area (Å²) in [6, 6.07) is 0. The Labute approximate surface area is 73.2 Å². The van der Waals surface area contributed by atoms with Gasteiger partial charge in [0.1, 0.15) is 0 Å². The Morgan fingerprint density at radius 2 is 2.33 bits per heavy atom. The second-order valence-corrected chi connectivity index (χ2v) is 4.07. The lowest BCUT2D eigenvalue weighted by atomic mass is 9.80. The standard InChI is InChI=1S/C10H16O2/c1-6-3-4-8-7(2)5-12-10(11)9(6)8/h3,7-11H,4-5H2,1-2H3/t7?,8-,9-,10+/m1/s1. The Bertz CT molecular complexity index is 210. The van der Waals surface area contributed by atoms with Crippen molar-refractivity contribution in [3.63, 3.8) is 0 Å². The quantitative estimate of drug-likeness (QED) is 0.556. The van der Waals surface area contributed by atoms with Crippen molar-refractivity contribution in [3.8, 4) is 0 Å². The molecule has 0 aromatic carbocycles. The number of hydrogen-bond donors (Lipinski definition) is 1. The molecule has 68 valence electrons. The average Bonchev–Trinajstić information content (AvgIpc) is 2.42.